The van der Waals surface area contributed by atoms with Crippen LogP contribution in [-0.2, 0) is 36.6 Å². The molecule has 6 rings (SSSR count). The Bertz CT molecular complexity index is 1880. The fourth-order valence-corrected chi connectivity index (χ4v) is 7.79. The molecule has 0 radical (unpaired) electrons. The summed E-state index contributed by atoms with van der Waals surface area (Å²) in [6.07, 6.45) is 8.47. The summed E-state index contributed by atoms with van der Waals surface area (Å²) in [5.41, 5.74) is 4.32. The van der Waals surface area contributed by atoms with E-state index >= 15 is 0 Å². The van der Waals surface area contributed by atoms with Crippen LogP contribution in [0.2, 0.25) is 0 Å². The van der Waals surface area contributed by atoms with Crippen molar-refractivity contribution in [3.63, 3.8) is 0 Å². The lowest BCUT2D eigenvalue weighted by atomic mass is 9.84. The number of aliphatic hydroxyl groups is 1. The molecule has 2 atom stereocenters. The molecule has 3 fully saturated rings. The highest BCUT2D eigenvalue weighted by Gasteiger charge is 2.49. The van der Waals surface area contributed by atoms with Gasteiger partial charge in [0.05, 0.1) is 23.6 Å². The SMILES string of the molecule is Cn1ccc2c(NC(=O)N=C(CC3CCCCC3)C(=O)N3C[C@@H](n4nncc4C(C)(C)O)C[C@H]3C(=O)NC3(C(=O)C(N)=O)CCOCC3)cccc21. The van der Waals surface area contributed by atoms with E-state index in [1.54, 1.807) is 19.9 Å². The van der Waals surface area contributed by atoms with Crippen molar-refractivity contribution in [1.82, 2.24) is 29.8 Å². The molecule has 3 aliphatic rings. The van der Waals surface area contributed by atoms with Gasteiger partial charge in [0.15, 0.2) is 0 Å². The number of aryl methyl sites for hydroxylation is 1. The molecule has 2 saturated heterocycles. The standard InChI is InChI=1S/C36H47N9O7/c1-35(2,51)29-20-38-42-45(29)23-19-28(32(48)41-36(30(46)31(37)47)13-16-52-17-14-36)44(21-23)33(49)26(18-22-8-5-4-6-9-22)40-34(50)39-25-10-7-11-27-24(25)12-15-43(27)3/h7,10-12,15,20,22-23,28,51H,4-6,8-9,13-14,16-19,21H2,1-3H3,(H2,37,47)(H,39,50)(H,41,48)/t23-,28-/m0/s1. The number of nitrogens with two attached hydrogens (primary N) is 1. The minimum absolute atomic E-state index is 0.0124. The number of anilines is 1. The quantitative estimate of drug-likeness (QED) is 0.179. The minimum Gasteiger partial charge on any atom is -0.384 e. The van der Waals surface area contributed by atoms with Gasteiger partial charge in [0.25, 0.3) is 11.8 Å². The molecule has 1 saturated carbocycles. The Labute approximate surface area is 301 Å². The van der Waals surface area contributed by atoms with Gasteiger partial charge in [-0.15, -0.1) is 5.10 Å². The van der Waals surface area contributed by atoms with Gasteiger partial charge in [-0.2, -0.15) is 4.99 Å². The van der Waals surface area contributed by atoms with Gasteiger partial charge >= 0.3 is 6.03 Å². The molecule has 16 nitrogen and oxygen atoms in total. The summed E-state index contributed by atoms with van der Waals surface area (Å²) in [7, 11) is 1.90. The van der Waals surface area contributed by atoms with Crippen LogP contribution < -0.4 is 16.4 Å². The van der Waals surface area contributed by atoms with E-state index in [9.17, 15) is 29.1 Å². The highest BCUT2D eigenvalue weighted by molar-refractivity contribution is 6.41. The first-order valence-corrected chi connectivity index (χ1v) is 17.9. The number of nitrogens with zero attached hydrogens (tertiary/aromatic N) is 6. The Kier molecular flexibility index (Phi) is 10.6. The van der Waals surface area contributed by atoms with E-state index in [-0.39, 0.29) is 57.1 Å². The third-order valence-corrected chi connectivity index (χ3v) is 10.6. The van der Waals surface area contributed by atoms with Crippen molar-refractivity contribution in [3.05, 3.63) is 42.4 Å². The fourth-order valence-electron chi connectivity index (χ4n) is 7.79. The number of urea groups is 1. The third-order valence-electron chi connectivity index (χ3n) is 10.6. The molecule has 0 unspecified atom stereocenters. The average Bonchev–Trinajstić information content (AvgIpc) is 3.87. The zero-order valence-electron chi connectivity index (χ0n) is 29.8. The number of hydrogen-bond acceptors (Lipinski definition) is 9. The molecule has 0 bridgehead atoms. The number of rotatable bonds is 10. The Morgan fingerprint density at radius 3 is 2.52 bits per heavy atom. The number of aromatic nitrogens is 4. The first-order chi connectivity index (χ1) is 24.8. The number of amides is 5. The lowest BCUT2D eigenvalue weighted by Gasteiger charge is -2.37. The maximum atomic E-state index is 14.7. The number of ether oxygens (including phenoxy) is 1. The second kappa shape index (κ2) is 14.9. The predicted octanol–water partition coefficient (Wildman–Crippen LogP) is 2.50. The largest absolute Gasteiger partial charge is 0.384 e. The van der Waals surface area contributed by atoms with Gasteiger partial charge < -0.3 is 35.7 Å². The summed E-state index contributed by atoms with van der Waals surface area (Å²) < 4.78 is 8.85. The maximum absolute atomic E-state index is 14.7. The smallest absolute Gasteiger partial charge is 0.345 e. The third kappa shape index (κ3) is 7.62. The van der Waals surface area contributed by atoms with Gasteiger partial charge in [-0.3, -0.25) is 19.2 Å². The molecule has 0 spiro atoms. The number of nitrogens with one attached hydrogen (secondary N) is 2. The number of ketones is 1. The monoisotopic (exact) mass is 717 g/mol. The Morgan fingerprint density at radius 1 is 1.10 bits per heavy atom. The molecule has 1 aromatic carbocycles. The van der Waals surface area contributed by atoms with Crippen molar-refractivity contribution in [3.8, 4) is 0 Å². The molecule has 3 aromatic rings. The molecule has 2 aromatic heterocycles. The van der Waals surface area contributed by atoms with E-state index < -0.39 is 52.8 Å². The van der Waals surface area contributed by atoms with Crippen LogP contribution in [0.25, 0.3) is 10.9 Å². The molecule has 1 aliphatic carbocycles. The van der Waals surface area contributed by atoms with Crippen molar-refractivity contribution in [1.29, 1.82) is 0 Å². The molecule has 16 heteroatoms. The maximum Gasteiger partial charge on any atom is 0.345 e. The van der Waals surface area contributed by atoms with Crippen LogP contribution in [0.5, 0.6) is 0 Å². The lowest BCUT2D eigenvalue weighted by molar-refractivity contribution is -0.146. The van der Waals surface area contributed by atoms with Gasteiger partial charge in [0, 0.05) is 63.2 Å². The molecule has 278 valence electrons. The molecule has 2 aliphatic heterocycles. The molecule has 52 heavy (non-hydrogen) atoms. The summed E-state index contributed by atoms with van der Waals surface area (Å²) in [6, 6.07) is 4.92. The highest BCUT2D eigenvalue weighted by atomic mass is 16.5. The molecule has 5 amide bonds. The first-order valence-electron chi connectivity index (χ1n) is 17.9. The molecular formula is C36H47N9O7. The summed E-state index contributed by atoms with van der Waals surface area (Å²) in [6.45, 7) is 3.37. The molecular weight excluding hydrogens is 670 g/mol. The Balaban J connectivity index is 1.35. The van der Waals surface area contributed by atoms with E-state index in [1.807, 2.05) is 36.0 Å². The van der Waals surface area contributed by atoms with Gasteiger partial charge in [-0.1, -0.05) is 43.4 Å². The van der Waals surface area contributed by atoms with Crippen molar-refractivity contribution < 1.29 is 33.8 Å². The summed E-state index contributed by atoms with van der Waals surface area (Å²) in [5.74, 6) is -3.29. The highest BCUT2D eigenvalue weighted by Crippen LogP contribution is 2.34. The van der Waals surface area contributed by atoms with Crippen molar-refractivity contribution in [2.24, 2.45) is 23.7 Å². The first kappa shape index (κ1) is 36.8. The zero-order valence-corrected chi connectivity index (χ0v) is 29.8. The summed E-state index contributed by atoms with van der Waals surface area (Å²) in [4.78, 5) is 73.6. The van der Waals surface area contributed by atoms with Crippen LogP contribution in [0, 0.1) is 5.92 Å². The second-order valence-corrected chi connectivity index (χ2v) is 14.7. The fraction of sp³-hybridized carbons (Fsp3) is 0.556. The van der Waals surface area contributed by atoms with E-state index in [0.29, 0.717) is 11.4 Å². The average molecular weight is 718 g/mol. The predicted molar refractivity (Wildman–Crippen MR) is 190 cm³/mol. The second-order valence-electron chi connectivity index (χ2n) is 14.7. The van der Waals surface area contributed by atoms with Gasteiger partial charge in [0.2, 0.25) is 11.7 Å². The van der Waals surface area contributed by atoms with E-state index in [0.717, 1.165) is 43.0 Å². The topological polar surface area (TPSA) is 216 Å². The number of likely N-dealkylation sites (tertiary alicyclic amines) is 1. The van der Waals surface area contributed by atoms with Crippen LogP contribution >= 0.6 is 0 Å². The number of aliphatic imine (C=N–C) groups is 1. The number of primary amides is 1. The van der Waals surface area contributed by atoms with E-state index in [1.165, 1.54) is 15.8 Å². The number of fused-ring (bicyclic) bond motifs is 1. The van der Waals surface area contributed by atoms with Gasteiger partial charge in [-0.25, -0.2) is 9.48 Å². The van der Waals surface area contributed by atoms with Crippen molar-refractivity contribution in [2.45, 2.75) is 94.9 Å². The van der Waals surface area contributed by atoms with E-state index in [2.05, 4.69) is 25.9 Å². The van der Waals surface area contributed by atoms with E-state index in [4.69, 9.17) is 10.5 Å². The molecule has 5 N–H and O–H groups in total. The van der Waals surface area contributed by atoms with Gasteiger partial charge in [0.1, 0.15) is 22.9 Å². The number of benzene rings is 1. The summed E-state index contributed by atoms with van der Waals surface area (Å²) in [5, 5.41) is 25.5. The number of hydrogen-bond donors (Lipinski definition) is 4. The normalized spacial score (nSPS) is 21.2. The van der Waals surface area contributed by atoms with Crippen LogP contribution in [-0.4, -0.2) is 96.2 Å². The lowest BCUT2D eigenvalue weighted by Crippen LogP contribution is -2.63. The Morgan fingerprint density at radius 2 is 1.83 bits per heavy atom. The Hall–Kier alpha value is -4.96. The zero-order chi connectivity index (χ0) is 37.2. The van der Waals surface area contributed by atoms with Crippen LogP contribution in [0.15, 0.2) is 41.7 Å². The summed E-state index contributed by atoms with van der Waals surface area (Å²) >= 11 is 0. The minimum atomic E-state index is -1.60. The van der Waals surface area contributed by atoms with Crippen LogP contribution in [0.3, 0.4) is 0 Å². The van der Waals surface area contributed by atoms with Crippen LogP contribution in [0.1, 0.15) is 83.4 Å². The van der Waals surface area contributed by atoms with Crippen molar-refractivity contribution in [2.75, 3.05) is 25.1 Å². The van der Waals surface area contributed by atoms with Crippen LogP contribution in [0.4, 0.5) is 10.5 Å². The number of carbonyl (C=O) groups is 5. The van der Waals surface area contributed by atoms with Gasteiger partial charge in [-0.05, 0) is 44.4 Å². The number of Topliss-reactive ketones (excluding diaryl/α,β-unsaturated/α-hetero) is 1. The number of carbonyl (C=O) groups excluding carboxylic acids is 5. The van der Waals surface area contributed by atoms with Crippen molar-refractivity contribution >= 4 is 51.8 Å². The molecule has 4 heterocycles.